The normalized spacial score (nSPS) is 13.3. The summed E-state index contributed by atoms with van der Waals surface area (Å²) in [4.78, 5) is 10.9. The fourth-order valence-corrected chi connectivity index (χ4v) is 1.49. The monoisotopic (exact) mass is 247 g/mol. The first-order valence-corrected chi connectivity index (χ1v) is 5.09. The molecule has 0 aromatic heterocycles. The molecule has 1 N–H and O–H groups in total. The van der Waals surface area contributed by atoms with E-state index in [1.807, 2.05) is 0 Å². The number of hydrogen-bond acceptors (Lipinski definition) is 1. The first-order valence-electron chi connectivity index (χ1n) is 4.71. The van der Waals surface area contributed by atoms with Gasteiger partial charge in [0.1, 0.15) is 6.04 Å². The molecule has 0 fully saturated rings. The predicted molar refractivity (Wildman–Crippen MR) is 58.6 cm³/mol. The summed E-state index contributed by atoms with van der Waals surface area (Å²) in [6, 6.07) is 4.64. The molecule has 1 unspecified atom stereocenters. The molecule has 1 atom stereocenters. The van der Waals surface area contributed by atoms with Crippen molar-refractivity contribution in [3.05, 3.63) is 34.9 Å². The second-order valence-corrected chi connectivity index (χ2v) is 4.08. The summed E-state index contributed by atoms with van der Waals surface area (Å²) < 4.78 is 26.6. The van der Waals surface area contributed by atoms with Gasteiger partial charge in [-0.1, -0.05) is 23.7 Å². The summed E-state index contributed by atoms with van der Waals surface area (Å²) >= 11 is 5.66. The fourth-order valence-electron chi connectivity index (χ4n) is 1.36. The minimum atomic E-state index is -3.03. The van der Waals surface area contributed by atoms with Gasteiger partial charge < -0.3 is 5.32 Å². The fraction of sp³-hybridized carbons (Fsp3) is 0.364. The minimum absolute atomic E-state index is 0.326. The largest absolute Gasteiger partial charge is 0.344 e. The van der Waals surface area contributed by atoms with Crippen molar-refractivity contribution < 1.29 is 13.6 Å². The lowest BCUT2D eigenvalue weighted by Crippen LogP contribution is -2.37. The SMILES string of the molecule is CC(=O)NC(c1ccc(Cl)cc1)C(C)(F)F. The van der Waals surface area contributed by atoms with Crippen LogP contribution in [0.15, 0.2) is 24.3 Å². The van der Waals surface area contributed by atoms with Crippen molar-refractivity contribution in [1.29, 1.82) is 0 Å². The van der Waals surface area contributed by atoms with Crippen LogP contribution in [0.1, 0.15) is 25.5 Å². The third-order valence-corrected chi connectivity index (χ3v) is 2.31. The predicted octanol–water partition coefficient (Wildman–Crippen LogP) is 3.17. The Hall–Kier alpha value is -1.16. The Balaban J connectivity index is 3.01. The number of carbonyl (C=O) groups excluding carboxylic acids is 1. The van der Waals surface area contributed by atoms with E-state index in [0.717, 1.165) is 6.92 Å². The number of amides is 1. The molecule has 0 aliphatic carbocycles. The summed E-state index contributed by atoms with van der Waals surface area (Å²) in [5.41, 5.74) is 0.326. The second kappa shape index (κ2) is 4.78. The molecule has 5 heteroatoms. The molecule has 0 saturated heterocycles. The summed E-state index contributed by atoms with van der Waals surface area (Å²) in [5.74, 6) is -3.53. The summed E-state index contributed by atoms with van der Waals surface area (Å²) in [7, 11) is 0. The molecule has 1 aromatic carbocycles. The van der Waals surface area contributed by atoms with Gasteiger partial charge in [0, 0.05) is 18.9 Å². The number of alkyl halides is 2. The standard InChI is InChI=1S/C11H12ClF2NO/c1-7(16)15-10(11(2,13)14)8-3-5-9(12)6-4-8/h3-6,10H,1-2H3,(H,15,16). The third-order valence-electron chi connectivity index (χ3n) is 2.06. The minimum Gasteiger partial charge on any atom is -0.344 e. The van der Waals surface area contributed by atoms with Gasteiger partial charge in [0.05, 0.1) is 0 Å². The lowest BCUT2D eigenvalue weighted by Gasteiger charge is -2.24. The van der Waals surface area contributed by atoms with Gasteiger partial charge in [0.15, 0.2) is 0 Å². The van der Waals surface area contributed by atoms with Crippen LogP contribution in [0.3, 0.4) is 0 Å². The van der Waals surface area contributed by atoms with E-state index < -0.39 is 17.9 Å². The Morgan fingerprint density at radius 3 is 2.25 bits per heavy atom. The smallest absolute Gasteiger partial charge is 0.269 e. The van der Waals surface area contributed by atoms with E-state index in [1.54, 1.807) is 0 Å². The van der Waals surface area contributed by atoms with E-state index in [1.165, 1.54) is 31.2 Å². The van der Waals surface area contributed by atoms with Gasteiger partial charge in [-0.25, -0.2) is 8.78 Å². The maximum Gasteiger partial charge on any atom is 0.269 e. The molecule has 0 radical (unpaired) electrons. The number of hydrogen-bond donors (Lipinski definition) is 1. The Bertz CT molecular complexity index is 373. The van der Waals surface area contributed by atoms with Crippen molar-refractivity contribution in [2.24, 2.45) is 0 Å². The molecule has 0 aliphatic heterocycles. The number of halogens is 3. The van der Waals surface area contributed by atoms with Crippen molar-refractivity contribution >= 4 is 17.5 Å². The highest BCUT2D eigenvalue weighted by molar-refractivity contribution is 6.30. The van der Waals surface area contributed by atoms with Gasteiger partial charge in [0.2, 0.25) is 5.91 Å². The highest BCUT2D eigenvalue weighted by Crippen LogP contribution is 2.31. The maximum atomic E-state index is 13.3. The van der Waals surface area contributed by atoms with Crippen LogP contribution in [0.25, 0.3) is 0 Å². The zero-order valence-electron chi connectivity index (χ0n) is 8.93. The third kappa shape index (κ3) is 3.45. The van der Waals surface area contributed by atoms with Gasteiger partial charge >= 0.3 is 0 Å². The number of carbonyl (C=O) groups is 1. The van der Waals surface area contributed by atoms with E-state index in [-0.39, 0.29) is 0 Å². The summed E-state index contributed by atoms with van der Waals surface area (Å²) in [6.07, 6.45) is 0. The van der Waals surface area contributed by atoms with Gasteiger partial charge in [-0.3, -0.25) is 4.79 Å². The quantitative estimate of drug-likeness (QED) is 0.873. The molecule has 0 bridgehead atoms. The van der Waals surface area contributed by atoms with Crippen LogP contribution in [-0.2, 0) is 4.79 Å². The zero-order valence-corrected chi connectivity index (χ0v) is 9.68. The molecule has 0 heterocycles. The molecule has 1 rings (SSSR count). The molecule has 88 valence electrons. The summed E-state index contributed by atoms with van der Waals surface area (Å²) in [6.45, 7) is 1.97. The average Bonchev–Trinajstić information content (AvgIpc) is 2.14. The van der Waals surface area contributed by atoms with Gasteiger partial charge in [-0.15, -0.1) is 0 Å². The van der Waals surface area contributed by atoms with E-state index in [4.69, 9.17) is 11.6 Å². The molecule has 1 amide bonds. The van der Waals surface area contributed by atoms with E-state index in [9.17, 15) is 13.6 Å². The highest BCUT2D eigenvalue weighted by Gasteiger charge is 2.35. The van der Waals surface area contributed by atoms with Crippen LogP contribution in [0.5, 0.6) is 0 Å². The molecule has 1 aromatic rings. The Labute approximate surface area is 97.6 Å². The molecule has 0 aliphatic rings. The highest BCUT2D eigenvalue weighted by atomic mass is 35.5. The molecule has 2 nitrogen and oxygen atoms in total. The first kappa shape index (κ1) is 12.9. The summed E-state index contributed by atoms with van der Waals surface area (Å²) in [5, 5.41) is 2.69. The number of nitrogens with one attached hydrogen (secondary N) is 1. The lowest BCUT2D eigenvalue weighted by molar-refractivity contribution is -0.123. The molecule has 0 spiro atoms. The Morgan fingerprint density at radius 1 is 1.38 bits per heavy atom. The lowest BCUT2D eigenvalue weighted by atomic mass is 10.0. The van der Waals surface area contributed by atoms with Crippen LogP contribution in [0, 0.1) is 0 Å². The average molecular weight is 248 g/mol. The van der Waals surface area contributed by atoms with Gasteiger partial charge in [0.25, 0.3) is 5.92 Å². The van der Waals surface area contributed by atoms with E-state index in [2.05, 4.69) is 5.32 Å². The Kier molecular flexibility index (Phi) is 3.86. The molecule has 16 heavy (non-hydrogen) atoms. The van der Waals surface area contributed by atoms with Crippen LogP contribution >= 0.6 is 11.6 Å². The van der Waals surface area contributed by atoms with E-state index >= 15 is 0 Å². The number of benzene rings is 1. The van der Waals surface area contributed by atoms with Crippen LogP contribution in [0.4, 0.5) is 8.78 Å². The first-order chi connectivity index (χ1) is 7.30. The van der Waals surface area contributed by atoms with Crippen LogP contribution in [-0.4, -0.2) is 11.8 Å². The molecular weight excluding hydrogens is 236 g/mol. The van der Waals surface area contributed by atoms with E-state index in [0.29, 0.717) is 10.6 Å². The maximum absolute atomic E-state index is 13.3. The van der Waals surface area contributed by atoms with Crippen molar-refractivity contribution in [3.63, 3.8) is 0 Å². The van der Waals surface area contributed by atoms with Crippen LogP contribution in [0.2, 0.25) is 5.02 Å². The van der Waals surface area contributed by atoms with Crippen LogP contribution < -0.4 is 5.32 Å². The van der Waals surface area contributed by atoms with Crippen molar-refractivity contribution in [2.45, 2.75) is 25.8 Å². The van der Waals surface area contributed by atoms with Gasteiger partial charge in [-0.05, 0) is 17.7 Å². The Morgan fingerprint density at radius 2 is 1.88 bits per heavy atom. The van der Waals surface area contributed by atoms with Crippen molar-refractivity contribution in [2.75, 3.05) is 0 Å². The zero-order chi connectivity index (χ0) is 12.3. The van der Waals surface area contributed by atoms with Gasteiger partial charge in [-0.2, -0.15) is 0 Å². The second-order valence-electron chi connectivity index (χ2n) is 3.64. The molecule has 0 saturated carbocycles. The molecular formula is C11H12ClF2NO. The van der Waals surface area contributed by atoms with Crippen molar-refractivity contribution in [3.8, 4) is 0 Å². The van der Waals surface area contributed by atoms with Crippen molar-refractivity contribution in [1.82, 2.24) is 5.32 Å². The topological polar surface area (TPSA) is 29.1 Å². The number of rotatable bonds is 3.